The Hall–Kier alpha value is -0.120. The molecule has 0 saturated carbocycles. The third kappa shape index (κ3) is 12.0. The van der Waals surface area contributed by atoms with Crippen LogP contribution in [0.2, 0.25) is 0 Å². The molecule has 0 heterocycles. The topological polar surface area (TPSA) is 41.5 Å². The van der Waals surface area contributed by atoms with Gasteiger partial charge in [-0.2, -0.15) is 0 Å². The summed E-state index contributed by atoms with van der Waals surface area (Å²) < 4.78 is 5.57. The van der Waals surface area contributed by atoms with E-state index in [1.165, 1.54) is 0 Å². The van der Waals surface area contributed by atoms with Crippen molar-refractivity contribution in [3.63, 3.8) is 0 Å². The first kappa shape index (κ1) is 15.9. The molecular formula is C13H29NO2. The highest BCUT2D eigenvalue weighted by Crippen LogP contribution is 2.20. The predicted octanol–water partition coefficient (Wildman–Crippen LogP) is 2.19. The van der Waals surface area contributed by atoms with E-state index in [1.54, 1.807) is 0 Å². The lowest BCUT2D eigenvalue weighted by molar-refractivity contribution is -0.00186. The molecule has 0 bridgehead atoms. The highest BCUT2D eigenvalue weighted by atomic mass is 16.5. The largest absolute Gasteiger partial charge is 0.392 e. The molecule has 2 N–H and O–H groups in total. The molecule has 0 spiro atoms. The molecule has 16 heavy (non-hydrogen) atoms. The maximum Gasteiger partial charge on any atom is 0.0669 e. The van der Waals surface area contributed by atoms with Crippen molar-refractivity contribution < 1.29 is 9.84 Å². The van der Waals surface area contributed by atoms with E-state index in [0.29, 0.717) is 13.2 Å². The van der Waals surface area contributed by atoms with Gasteiger partial charge < -0.3 is 15.2 Å². The Morgan fingerprint density at radius 2 is 1.69 bits per heavy atom. The highest BCUT2D eigenvalue weighted by molar-refractivity contribution is 4.70. The monoisotopic (exact) mass is 231 g/mol. The van der Waals surface area contributed by atoms with Crippen molar-refractivity contribution >= 4 is 0 Å². The lowest BCUT2D eigenvalue weighted by atomic mass is 9.89. The highest BCUT2D eigenvalue weighted by Gasteiger charge is 2.16. The summed E-state index contributed by atoms with van der Waals surface area (Å²) in [7, 11) is 0. The lowest BCUT2D eigenvalue weighted by Crippen LogP contribution is -2.33. The van der Waals surface area contributed by atoms with Crippen molar-refractivity contribution in [1.29, 1.82) is 0 Å². The van der Waals surface area contributed by atoms with E-state index in [-0.39, 0.29) is 17.1 Å². The summed E-state index contributed by atoms with van der Waals surface area (Å²) in [6.07, 6.45) is 0.551. The molecule has 3 nitrogen and oxygen atoms in total. The molecule has 0 fully saturated rings. The first-order valence-electron chi connectivity index (χ1n) is 6.13. The van der Waals surface area contributed by atoms with Crippen LogP contribution in [0.5, 0.6) is 0 Å². The first-order chi connectivity index (χ1) is 7.10. The average Bonchev–Trinajstić information content (AvgIpc) is 1.97. The molecular weight excluding hydrogens is 202 g/mol. The van der Waals surface area contributed by atoms with Crippen molar-refractivity contribution in [3.8, 4) is 0 Å². The minimum absolute atomic E-state index is 0.0777. The molecule has 1 unspecified atom stereocenters. The van der Waals surface area contributed by atoms with Gasteiger partial charge in [0.05, 0.1) is 18.3 Å². The van der Waals surface area contributed by atoms with Gasteiger partial charge in [0.1, 0.15) is 0 Å². The van der Waals surface area contributed by atoms with Crippen LogP contribution in [0.4, 0.5) is 0 Å². The summed E-state index contributed by atoms with van der Waals surface area (Å²) in [4.78, 5) is 0. The van der Waals surface area contributed by atoms with Gasteiger partial charge in [0, 0.05) is 13.1 Å². The van der Waals surface area contributed by atoms with Crippen molar-refractivity contribution in [1.82, 2.24) is 5.32 Å². The fourth-order valence-corrected chi connectivity index (χ4v) is 1.48. The van der Waals surface area contributed by atoms with Crippen LogP contribution in [0.3, 0.4) is 0 Å². The number of aliphatic hydroxyl groups is 1. The summed E-state index contributed by atoms with van der Waals surface area (Å²) in [5, 5.41) is 12.9. The van der Waals surface area contributed by atoms with Crippen LogP contribution in [0.15, 0.2) is 0 Å². The maximum absolute atomic E-state index is 9.74. The Bertz CT molecular complexity index is 179. The molecule has 0 aromatic rings. The van der Waals surface area contributed by atoms with Gasteiger partial charge in [0.2, 0.25) is 0 Å². The van der Waals surface area contributed by atoms with Crippen LogP contribution in [-0.4, -0.2) is 36.5 Å². The van der Waals surface area contributed by atoms with Gasteiger partial charge in [-0.3, -0.25) is 0 Å². The van der Waals surface area contributed by atoms with Crippen LogP contribution < -0.4 is 5.32 Å². The molecule has 0 radical (unpaired) electrons. The second kappa shape index (κ2) is 6.58. The summed E-state index contributed by atoms with van der Waals surface area (Å²) in [6, 6.07) is 0. The predicted molar refractivity (Wildman–Crippen MR) is 68.7 cm³/mol. The summed E-state index contributed by atoms with van der Waals surface area (Å²) >= 11 is 0. The molecule has 1 atom stereocenters. The zero-order valence-electron chi connectivity index (χ0n) is 11.8. The summed E-state index contributed by atoms with van der Waals surface area (Å²) in [5.74, 6) is 0. The van der Waals surface area contributed by atoms with Crippen LogP contribution in [0, 0.1) is 5.41 Å². The summed E-state index contributed by atoms with van der Waals surface area (Å²) in [5.41, 5.74) is 0.106. The van der Waals surface area contributed by atoms with Gasteiger partial charge in [-0.1, -0.05) is 20.8 Å². The number of hydrogen-bond donors (Lipinski definition) is 2. The molecule has 0 rings (SSSR count). The Labute approximate surface area is 101 Å². The minimum atomic E-state index is -0.269. The average molecular weight is 231 g/mol. The zero-order valence-corrected chi connectivity index (χ0v) is 11.8. The standard InChI is InChI=1S/C13H29NO2/c1-12(2,3)9-11(15)10-14-7-8-16-13(4,5)6/h11,14-15H,7-10H2,1-6H3. The van der Waals surface area contributed by atoms with Crippen molar-refractivity contribution in [3.05, 3.63) is 0 Å². The molecule has 0 aliphatic rings. The maximum atomic E-state index is 9.74. The van der Waals surface area contributed by atoms with Gasteiger partial charge in [-0.05, 0) is 32.6 Å². The zero-order chi connectivity index (χ0) is 12.8. The number of aliphatic hydroxyl groups excluding tert-OH is 1. The van der Waals surface area contributed by atoms with Crippen molar-refractivity contribution in [2.45, 2.75) is 59.7 Å². The third-order valence-electron chi connectivity index (χ3n) is 2.04. The fourth-order valence-electron chi connectivity index (χ4n) is 1.48. The number of ether oxygens (including phenoxy) is 1. The van der Waals surface area contributed by atoms with E-state index in [2.05, 4.69) is 26.1 Å². The van der Waals surface area contributed by atoms with Crippen LogP contribution >= 0.6 is 0 Å². The third-order valence-corrected chi connectivity index (χ3v) is 2.04. The van der Waals surface area contributed by atoms with Crippen molar-refractivity contribution in [2.75, 3.05) is 19.7 Å². The summed E-state index contributed by atoms with van der Waals surface area (Å²) in [6.45, 7) is 14.7. The Morgan fingerprint density at radius 3 is 2.12 bits per heavy atom. The number of hydrogen-bond acceptors (Lipinski definition) is 3. The Morgan fingerprint density at radius 1 is 1.12 bits per heavy atom. The second-order valence-corrected chi connectivity index (χ2v) is 6.58. The van der Waals surface area contributed by atoms with Gasteiger partial charge in [-0.15, -0.1) is 0 Å². The van der Waals surface area contributed by atoms with Gasteiger partial charge in [0.15, 0.2) is 0 Å². The lowest BCUT2D eigenvalue weighted by Gasteiger charge is -2.23. The Balaban J connectivity index is 3.45. The number of nitrogens with one attached hydrogen (secondary N) is 1. The normalized spacial score (nSPS) is 15.2. The van der Waals surface area contributed by atoms with Crippen LogP contribution in [0.1, 0.15) is 48.0 Å². The molecule has 0 aromatic heterocycles. The van der Waals surface area contributed by atoms with E-state index < -0.39 is 0 Å². The van der Waals surface area contributed by atoms with E-state index in [4.69, 9.17) is 4.74 Å². The van der Waals surface area contributed by atoms with Gasteiger partial charge in [0.25, 0.3) is 0 Å². The smallest absolute Gasteiger partial charge is 0.0669 e. The molecule has 0 amide bonds. The fraction of sp³-hybridized carbons (Fsp3) is 1.00. The molecule has 0 aromatic carbocycles. The van der Waals surface area contributed by atoms with E-state index >= 15 is 0 Å². The van der Waals surface area contributed by atoms with Gasteiger partial charge in [-0.25, -0.2) is 0 Å². The van der Waals surface area contributed by atoms with Gasteiger partial charge >= 0.3 is 0 Å². The van der Waals surface area contributed by atoms with Crippen LogP contribution in [0.25, 0.3) is 0 Å². The second-order valence-electron chi connectivity index (χ2n) is 6.58. The SMILES string of the molecule is CC(C)(C)CC(O)CNCCOC(C)(C)C. The van der Waals surface area contributed by atoms with Crippen LogP contribution in [-0.2, 0) is 4.74 Å². The Kier molecular flexibility index (Phi) is 6.53. The van der Waals surface area contributed by atoms with E-state index in [1.807, 2.05) is 20.8 Å². The molecule has 3 heteroatoms. The van der Waals surface area contributed by atoms with Crippen molar-refractivity contribution in [2.24, 2.45) is 5.41 Å². The molecule has 0 aliphatic carbocycles. The van der Waals surface area contributed by atoms with E-state index in [0.717, 1.165) is 13.0 Å². The number of rotatable bonds is 6. The first-order valence-corrected chi connectivity index (χ1v) is 6.13. The minimum Gasteiger partial charge on any atom is -0.392 e. The molecule has 98 valence electrons. The molecule has 0 saturated heterocycles. The quantitative estimate of drug-likeness (QED) is 0.689. The van der Waals surface area contributed by atoms with E-state index in [9.17, 15) is 5.11 Å². The molecule has 0 aliphatic heterocycles.